The average Bonchev–Trinajstić information content (AvgIpc) is 2.97. The molecular weight excluding hydrogens is 222 g/mol. The Morgan fingerprint density at radius 1 is 1.33 bits per heavy atom. The Hall–Kier alpha value is -1.09. The van der Waals surface area contributed by atoms with Crippen LogP contribution in [0.5, 0.6) is 0 Å². The standard InChI is InChI=1S/C15H23N3/c1-2-16-9-12-6-7-17-15(8-12)18-10-13-4-3-5-14(13)11-18/h6-8,13-14,16H,2-5,9-11H2,1H3. The van der Waals surface area contributed by atoms with Crippen molar-refractivity contribution >= 4 is 5.82 Å². The lowest BCUT2D eigenvalue weighted by molar-refractivity contribution is 0.494. The van der Waals surface area contributed by atoms with Crippen LogP contribution in [0.25, 0.3) is 0 Å². The molecule has 1 aromatic heterocycles. The number of anilines is 1. The minimum absolute atomic E-state index is 0.934. The third-order valence-corrected chi connectivity index (χ3v) is 4.44. The number of nitrogens with one attached hydrogen (secondary N) is 1. The molecule has 2 atom stereocenters. The zero-order valence-electron chi connectivity index (χ0n) is 11.2. The molecule has 1 aromatic rings. The maximum atomic E-state index is 4.55. The zero-order chi connectivity index (χ0) is 12.4. The Labute approximate surface area is 110 Å². The van der Waals surface area contributed by atoms with Gasteiger partial charge in [0.05, 0.1) is 0 Å². The fourth-order valence-corrected chi connectivity index (χ4v) is 3.43. The molecule has 3 rings (SSSR count). The Morgan fingerprint density at radius 2 is 2.11 bits per heavy atom. The van der Waals surface area contributed by atoms with Gasteiger partial charge in [-0.3, -0.25) is 0 Å². The van der Waals surface area contributed by atoms with Gasteiger partial charge in [0, 0.05) is 25.8 Å². The van der Waals surface area contributed by atoms with E-state index in [1.165, 1.54) is 43.7 Å². The third kappa shape index (κ3) is 2.37. The van der Waals surface area contributed by atoms with Crippen LogP contribution in [0.15, 0.2) is 18.3 Å². The Balaban J connectivity index is 1.69. The molecule has 1 saturated heterocycles. The molecule has 0 spiro atoms. The highest BCUT2D eigenvalue weighted by molar-refractivity contribution is 5.42. The third-order valence-electron chi connectivity index (χ3n) is 4.44. The van der Waals surface area contributed by atoms with Crippen molar-refractivity contribution in [2.45, 2.75) is 32.7 Å². The van der Waals surface area contributed by atoms with Crippen LogP contribution in [-0.2, 0) is 6.54 Å². The van der Waals surface area contributed by atoms with Crippen molar-refractivity contribution in [2.24, 2.45) is 11.8 Å². The van der Waals surface area contributed by atoms with Crippen molar-refractivity contribution in [3.05, 3.63) is 23.9 Å². The number of rotatable bonds is 4. The molecule has 3 heteroatoms. The van der Waals surface area contributed by atoms with Crippen LogP contribution >= 0.6 is 0 Å². The van der Waals surface area contributed by atoms with E-state index in [0.29, 0.717) is 0 Å². The van der Waals surface area contributed by atoms with E-state index in [2.05, 4.69) is 34.3 Å². The highest BCUT2D eigenvalue weighted by atomic mass is 15.2. The van der Waals surface area contributed by atoms with E-state index < -0.39 is 0 Å². The summed E-state index contributed by atoms with van der Waals surface area (Å²) >= 11 is 0. The molecule has 3 nitrogen and oxygen atoms in total. The van der Waals surface area contributed by atoms with Crippen LogP contribution in [0.2, 0.25) is 0 Å². The van der Waals surface area contributed by atoms with Gasteiger partial charge < -0.3 is 10.2 Å². The van der Waals surface area contributed by atoms with Gasteiger partial charge in [-0.25, -0.2) is 4.98 Å². The Morgan fingerprint density at radius 3 is 2.83 bits per heavy atom. The summed E-state index contributed by atoms with van der Waals surface area (Å²) in [6, 6.07) is 4.37. The molecule has 1 N–H and O–H groups in total. The summed E-state index contributed by atoms with van der Waals surface area (Å²) in [5.41, 5.74) is 1.35. The topological polar surface area (TPSA) is 28.2 Å². The van der Waals surface area contributed by atoms with Crippen LogP contribution in [0.4, 0.5) is 5.82 Å². The molecule has 2 heterocycles. The van der Waals surface area contributed by atoms with E-state index in [1.807, 2.05) is 6.20 Å². The molecular formula is C15H23N3. The summed E-state index contributed by atoms with van der Waals surface area (Å²) in [7, 11) is 0. The molecule has 1 saturated carbocycles. The minimum Gasteiger partial charge on any atom is -0.356 e. The fraction of sp³-hybridized carbons (Fsp3) is 0.667. The molecule has 1 aliphatic heterocycles. The van der Waals surface area contributed by atoms with Crippen molar-refractivity contribution < 1.29 is 0 Å². The highest BCUT2D eigenvalue weighted by Gasteiger charge is 2.36. The molecule has 18 heavy (non-hydrogen) atoms. The first-order valence-corrected chi connectivity index (χ1v) is 7.27. The number of aromatic nitrogens is 1. The molecule has 98 valence electrons. The summed E-state index contributed by atoms with van der Waals surface area (Å²) in [6.45, 7) is 6.56. The SMILES string of the molecule is CCNCc1ccnc(N2CC3CCCC3C2)c1. The lowest BCUT2D eigenvalue weighted by atomic mass is 10.0. The number of fused-ring (bicyclic) bond motifs is 1. The second-order valence-electron chi connectivity index (χ2n) is 5.66. The molecule has 2 fully saturated rings. The van der Waals surface area contributed by atoms with Gasteiger partial charge in [0.25, 0.3) is 0 Å². The van der Waals surface area contributed by atoms with Gasteiger partial charge in [-0.2, -0.15) is 0 Å². The van der Waals surface area contributed by atoms with Gasteiger partial charge in [-0.05, 0) is 48.9 Å². The number of pyridine rings is 1. The smallest absolute Gasteiger partial charge is 0.128 e. The van der Waals surface area contributed by atoms with Gasteiger partial charge in [0.2, 0.25) is 0 Å². The Bertz CT molecular complexity index is 392. The van der Waals surface area contributed by atoms with E-state index >= 15 is 0 Å². The molecule has 2 aliphatic rings. The van der Waals surface area contributed by atoms with E-state index in [4.69, 9.17) is 0 Å². The van der Waals surface area contributed by atoms with Crippen LogP contribution in [0, 0.1) is 11.8 Å². The van der Waals surface area contributed by atoms with Crippen molar-refractivity contribution in [1.82, 2.24) is 10.3 Å². The molecule has 2 unspecified atom stereocenters. The molecule has 0 amide bonds. The number of nitrogens with zero attached hydrogens (tertiary/aromatic N) is 2. The van der Waals surface area contributed by atoms with Crippen LogP contribution < -0.4 is 10.2 Å². The van der Waals surface area contributed by atoms with Gasteiger partial charge in [-0.15, -0.1) is 0 Å². The molecule has 0 aromatic carbocycles. The van der Waals surface area contributed by atoms with Gasteiger partial charge >= 0.3 is 0 Å². The summed E-state index contributed by atoms with van der Waals surface area (Å²) < 4.78 is 0. The Kier molecular flexibility index (Phi) is 3.50. The monoisotopic (exact) mass is 245 g/mol. The van der Waals surface area contributed by atoms with Crippen LogP contribution in [0.1, 0.15) is 31.7 Å². The summed E-state index contributed by atoms with van der Waals surface area (Å²) in [6.07, 6.45) is 6.25. The maximum Gasteiger partial charge on any atom is 0.128 e. The predicted octanol–water partition coefficient (Wildman–Crippen LogP) is 2.43. The van der Waals surface area contributed by atoms with Gasteiger partial charge in [-0.1, -0.05) is 13.3 Å². The van der Waals surface area contributed by atoms with Gasteiger partial charge in [0.1, 0.15) is 5.82 Å². The van der Waals surface area contributed by atoms with E-state index in [1.54, 1.807) is 0 Å². The lowest BCUT2D eigenvalue weighted by Gasteiger charge is -2.19. The summed E-state index contributed by atoms with van der Waals surface area (Å²) in [5, 5.41) is 3.38. The maximum absolute atomic E-state index is 4.55. The number of hydrogen-bond donors (Lipinski definition) is 1. The first kappa shape index (κ1) is 12.0. The van der Waals surface area contributed by atoms with Crippen molar-refractivity contribution in [1.29, 1.82) is 0 Å². The van der Waals surface area contributed by atoms with Gasteiger partial charge in [0.15, 0.2) is 0 Å². The fourth-order valence-electron chi connectivity index (χ4n) is 3.43. The summed E-state index contributed by atoms with van der Waals surface area (Å²) in [4.78, 5) is 7.04. The van der Waals surface area contributed by atoms with Crippen molar-refractivity contribution in [2.75, 3.05) is 24.5 Å². The molecule has 0 bridgehead atoms. The minimum atomic E-state index is 0.934. The van der Waals surface area contributed by atoms with E-state index in [9.17, 15) is 0 Å². The van der Waals surface area contributed by atoms with E-state index in [0.717, 1.165) is 24.9 Å². The quantitative estimate of drug-likeness (QED) is 0.883. The average molecular weight is 245 g/mol. The van der Waals surface area contributed by atoms with Crippen LogP contribution in [-0.4, -0.2) is 24.6 Å². The molecule has 0 radical (unpaired) electrons. The lowest BCUT2D eigenvalue weighted by Crippen LogP contribution is -2.22. The van der Waals surface area contributed by atoms with Crippen molar-refractivity contribution in [3.63, 3.8) is 0 Å². The molecule has 1 aliphatic carbocycles. The first-order valence-electron chi connectivity index (χ1n) is 7.27. The first-order chi connectivity index (χ1) is 8.86. The highest BCUT2D eigenvalue weighted by Crippen LogP contribution is 2.39. The number of hydrogen-bond acceptors (Lipinski definition) is 3. The zero-order valence-corrected chi connectivity index (χ0v) is 11.2. The second kappa shape index (κ2) is 5.27. The van der Waals surface area contributed by atoms with Crippen LogP contribution in [0.3, 0.4) is 0 Å². The van der Waals surface area contributed by atoms with Crippen molar-refractivity contribution in [3.8, 4) is 0 Å². The second-order valence-corrected chi connectivity index (χ2v) is 5.66. The summed E-state index contributed by atoms with van der Waals surface area (Å²) in [5.74, 6) is 3.05. The largest absolute Gasteiger partial charge is 0.356 e. The van der Waals surface area contributed by atoms with E-state index in [-0.39, 0.29) is 0 Å². The predicted molar refractivity (Wildman–Crippen MR) is 74.7 cm³/mol. The normalized spacial score (nSPS) is 26.6.